The number of piperidine rings is 2. The van der Waals surface area contributed by atoms with Crippen molar-refractivity contribution in [3.63, 3.8) is 0 Å². The zero-order chi connectivity index (χ0) is 22.5. The number of anilines is 1. The Kier molecular flexibility index (Phi) is 5.00. The zero-order valence-corrected chi connectivity index (χ0v) is 18.3. The maximum atomic E-state index is 15.2. The fourth-order valence-electron chi connectivity index (χ4n) is 4.88. The van der Waals surface area contributed by atoms with E-state index < -0.39 is 6.17 Å². The second kappa shape index (κ2) is 7.73. The molecular weight excluding hydrogens is 413 g/mol. The van der Waals surface area contributed by atoms with Gasteiger partial charge in [0.2, 0.25) is 5.82 Å². The van der Waals surface area contributed by atoms with Crippen LogP contribution in [0.25, 0.3) is 22.8 Å². The van der Waals surface area contributed by atoms with Crippen molar-refractivity contribution in [1.29, 1.82) is 0 Å². The van der Waals surface area contributed by atoms with Crippen LogP contribution in [0.3, 0.4) is 0 Å². The topological polar surface area (TPSA) is 118 Å². The van der Waals surface area contributed by atoms with Crippen LogP contribution in [-0.2, 0) is 7.05 Å². The number of halogens is 1. The van der Waals surface area contributed by atoms with Crippen molar-refractivity contribution >= 4 is 5.82 Å². The minimum Gasteiger partial charge on any atom is -0.507 e. The number of phenols is 1. The van der Waals surface area contributed by atoms with Crippen molar-refractivity contribution < 1.29 is 9.50 Å². The summed E-state index contributed by atoms with van der Waals surface area (Å²) in [6.07, 6.45) is 4.24. The van der Waals surface area contributed by atoms with Crippen LogP contribution in [0.1, 0.15) is 32.6 Å². The molecule has 1 aromatic carbocycles. The van der Waals surface area contributed by atoms with E-state index in [0.29, 0.717) is 29.2 Å². The minimum atomic E-state index is -0.985. The number of rotatable bonds is 4. The number of tetrazole rings is 1. The molecule has 3 aromatic rings. The highest BCUT2D eigenvalue weighted by Gasteiger charge is 2.47. The van der Waals surface area contributed by atoms with Crippen molar-refractivity contribution in [3.05, 3.63) is 24.4 Å². The number of hydrogen-bond acceptors (Lipinski definition) is 9. The molecule has 10 nitrogen and oxygen atoms in total. The summed E-state index contributed by atoms with van der Waals surface area (Å²) in [4.78, 5) is 7.58. The highest BCUT2D eigenvalue weighted by Crippen LogP contribution is 2.38. The lowest BCUT2D eigenvalue weighted by Crippen LogP contribution is -2.66. The predicted molar refractivity (Wildman–Crippen MR) is 116 cm³/mol. The highest BCUT2D eigenvalue weighted by molar-refractivity contribution is 5.69. The SMILES string of the molecule is CN(c1cnc(-c2ccc(-c3nnn(C)n3)cc2O)nn1)[C@H]1C[C@]2(C)CCC[C@H](N2)[C@H]1F. The molecule has 2 aliphatic heterocycles. The van der Waals surface area contributed by atoms with Crippen LogP contribution in [0.15, 0.2) is 24.4 Å². The Hall–Kier alpha value is -3.21. The first-order valence-corrected chi connectivity index (χ1v) is 10.7. The van der Waals surface area contributed by atoms with Gasteiger partial charge in [-0.3, -0.25) is 0 Å². The Balaban J connectivity index is 1.36. The normalized spacial score (nSPS) is 27.3. The van der Waals surface area contributed by atoms with E-state index >= 15 is 4.39 Å². The summed E-state index contributed by atoms with van der Waals surface area (Å²) in [7, 11) is 3.51. The monoisotopic (exact) mass is 439 g/mol. The van der Waals surface area contributed by atoms with Crippen molar-refractivity contribution in [3.8, 4) is 28.5 Å². The van der Waals surface area contributed by atoms with Gasteiger partial charge in [-0.05, 0) is 50.0 Å². The van der Waals surface area contributed by atoms with Gasteiger partial charge in [0.25, 0.3) is 0 Å². The summed E-state index contributed by atoms with van der Waals surface area (Å²) in [6, 6.07) is 4.57. The van der Waals surface area contributed by atoms with Crippen LogP contribution in [-0.4, -0.2) is 71.3 Å². The Bertz CT molecular complexity index is 1120. The molecule has 168 valence electrons. The maximum absolute atomic E-state index is 15.2. The quantitative estimate of drug-likeness (QED) is 0.628. The van der Waals surface area contributed by atoms with E-state index in [-0.39, 0.29) is 29.2 Å². The lowest BCUT2D eigenvalue weighted by molar-refractivity contribution is 0.0607. The number of hydrogen-bond donors (Lipinski definition) is 2. The number of aromatic hydroxyl groups is 1. The van der Waals surface area contributed by atoms with Crippen LogP contribution in [0.4, 0.5) is 10.2 Å². The van der Waals surface area contributed by atoms with Crippen LogP contribution in [0, 0.1) is 0 Å². The summed E-state index contributed by atoms with van der Waals surface area (Å²) in [5.41, 5.74) is 1.01. The van der Waals surface area contributed by atoms with Crippen LogP contribution >= 0.6 is 0 Å². The summed E-state index contributed by atoms with van der Waals surface area (Å²) in [5, 5.41) is 34.3. The van der Waals surface area contributed by atoms with Gasteiger partial charge in [-0.15, -0.1) is 20.4 Å². The number of aromatic nitrogens is 7. The average Bonchev–Trinajstić information content (AvgIpc) is 3.22. The highest BCUT2D eigenvalue weighted by atomic mass is 19.1. The van der Waals surface area contributed by atoms with Gasteiger partial charge in [-0.25, -0.2) is 9.37 Å². The third-order valence-electron chi connectivity index (χ3n) is 6.60. The van der Waals surface area contributed by atoms with Gasteiger partial charge in [0.1, 0.15) is 11.9 Å². The molecule has 0 amide bonds. The first-order valence-electron chi connectivity index (χ1n) is 10.7. The molecule has 2 aromatic heterocycles. The molecule has 4 heterocycles. The fraction of sp³-hybridized carbons (Fsp3) is 0.524. The number of fused-ring (bicyclic) bond motifs is 2. The lowest BCUT2D eigenvalue weighted by atomic mass is 9.74. The molecule has 0 spiro atoms. The molecule has 0 aliphatic carbocycles. The number of nitrogens with zero attached hydrogens (tertiary/aromatic N) is 8. The van der Waals surface area contributed by atoms with Crippen molar-refractivity contribution in [1.82, 2.24) is 40.7 Å². The predicted octanol–water partition coefficient (Wildman–Crippen LogP) is 1.88. The Morgan fingerprint density at radius 2 is 2.09 bits per heavy atom. The van der Waals surface area contributed by atoms with Gasteiger partial charge in [0.05, 0.1) is 24.8 Å². The molecule has 0 radical (unpaired) electrons. The third kappa shape index (κ3) is 3.66. The van der Waals surface area contributed by atoms with Gasteiger partial charge in [0, 0.05) is 24.2 Å². The lowest BCUT2D eigenvalue weighted by Gasteiger charge is -2.51. The van der Waals surface area contributed by atoms with E-state index in [9.17, 15) is 5.11 Å². The maximum Gasteiger partial charge on any atom is 0.205 e. The van der Waals surface area contributed by atoms with E-state index in [4.69, 9.17) is 0 Å². The smallest absolute Gasteiger partial charge is 0.205 e. The first-order chi connectivity index (χ1) is 15.3. The molecule has 5 rings (SSSR count). The summed E-state index contributed by atoms with van der Waals surface area (Å²) in [5.74, 6) is 1.18. The Morgan fingerprint density at radius 1 is 1.25 bits per heavy atom. The number of benzene rings is 1. The van der Waals surface area contributed by atoms with E-state index in [0.717, 1.165) is 19.3 Å². The Morgan fingerprint density at radius 3 is 2.78 bits per heavy atom. The molecule has 2 N–H and O–H groups in total. The van der Waals surface area contributed by atoms with E-state index in [2.05, 4.69) is 42.8 Å². The molecule has 0 saturated carbocycles. The average molecular weight is 439 g/mol. The van der Waals surface area contributed by atoms with E-state index in [1.165, 1.54) is 10.9 Å². The molecule has 2 fully saturated rings. The number of nitrogens with one attached hydrogen (secondary N) is 1. The molecular formula is C21H26FN9O. The zero-order valence-electron chi connectivity index (χ0n) is 18.3. The van der Waals surface area contributed by atoms with Crippen molar-refractivity contribution in [2.45, 2.75) is 56.4 Å². The molecule has 2 saturated heterocycles. The molecule has 2 bridgehead atoms. The van der Waals surface area contributed by atoms with Gasteiger partial charge in [-0.2, -0.15) is 4.80 Å². The molecule has 4 atom stereocenters. The minimum absolute atomic E-state index is 0.0132. The van der Waals surface area contributed by atoms with Gasteiger partial charge >= 0.3 is 0 Å². The van der Waals surface area contributed by atoms with Gasteiger partial charge in [-0.1, -0.05) is 6.07 Å². The van der Waals surface area contributed by atoms with Crippen LogP contribution in [0.2, 0.25) is 0 Å². The summed E-state index contributed by atoms with van der Waals surface area (Å²) < 4.78 is 15.2. The molecule has 11 heteroatoms. The summed E-state index contributed by atoms with van der Waals surface area (Å²) in [6.45, 7) is 2.17. The number of alkyl halides is 1. The van der Waals surface area contributed by atoms with Crippen LogP contribution in [0.5, 0.6) is 5.75 Å². The van der Waals surface area contributed by atoms with Crippen molar-refractivity contribution in [2.75, 3.05) is 11.9 Å². The van der Waals surface area contributed by atoms with E-state index in [1.54, 1.807) is 25.4 Å². The summed E-state index contributed by atoms with van der Waals surface area (Å²) >= 11 is 0. The third-order valence-corrected chi connectivity index (χ3v) is 6.60. The standard InChI is InChI=1S/C21H26FN9O/c1-21-8-4-5-14(24-21)18(22)15(10-21)30(2)17-11-23-20(26-25-17)13-7-6-12(9-16(13)32)19-27-29-31(3)28-19/h6-7,9,11,14-15,18,24,32H,4-5,8,10H2,1-3H3/t14-,15-,18+,21-/m0/s1. The first kappa shape index (κ1) is 20.7. The number of aryl methyl sites for hydroxylation is 1. The second-order valence-electron chi connectivity index (χ2n) is 9.00. The molecule has 32 heavy (non-hydrogen) atoms. The van der Waals surface area contributed by atoms with Crippen molar-refractivity contribution in [2.24, 2.45) is 7.05 Å². The van der Waals surface area contributed by atoms with E-state index in [1.807, 2.05) is 11.9 Å². The van der Waals surface area contributed by atoms with Gasteiger partial charge < -0.3 is 15.3 Å². The molecule has 2 aliphatic rings. The van der Waals surface area contributed by atoms with Crippen LogP contribution < -0.4 is 10.2 Å². The van der Waals surface area contributed by atoms with Gasteiger partial charge in [0.15, 0.2) is 11.6 Å². The fourth-order valence-corrected chi connectivity index (χ4v) is 4.88. The second-order valence-corrected chi connectivity index (χ2v) is 9.00. The largest absolute Gasteiger partial charge is 0.507 e. The molecule has 0 unspecified atom stereocenters. The number of phenolic OH excluding ortho intramolecular Hbond substituents is 1. The Labute approximate surface area is 184 Å².